The molecule has 1 fully saturated rings. The first-order valence-corrected chi connectivity index (χ1v) is 6.19. The van der Waals surface area contributed by atoms with E-state index in [1.165, 1.54) is 12.1 Å². The molecule has 0 aliphatic heterocycles. The highest BCUT2D eigenvalue weighted by atomic mass is 19.3. The van der Waals surface area contributed by atoms with Gasteiger partial charge in [0.15, 0.2) is 0 Å². The van der Waals surface area contributed by atoms with Crippen LogP contribution >= 0.6 is 0 Å². The zero-order valence-corrected chi connectivity index (χ0v) is 10.7. The van der Waals surface area contributed by atoms with E-state index >= 15 is 0 Å². The summed E-state index contributed by atoms with van der Waals surface area (Å²) in [5.41, 5.74) is -0.303. The van der Waals surface area contributed by atoms with Gasteiger partial charge in [-0.15, -0.1) is 0 Å². The van der Waals surface area contributed by atoms with Crippen LogP contribution in [0.25, 0.3) is 0 Å². The summed E-state index contributed by atoms with van der Waals surface area (Å²) in [4.78, 5) is 0. The molecule has 1 aliphatic carbocycles. The Kier molecular flexibility index (Phi) is 3.43. The summed E-state index contributed by atoms with van der Waals surface area (Å²) in [5.74, 6) is -2.88. The third kappa shape index (κ3) is 2.40. The van der Waals surface area contributed by atoms with Crippen molar-refractivity contribution in [3.05, 3.63) is 35.9 Å². The van der Waals surface area contributed by atoms with Crippen LogP contribution in [-0.2, 0) is 5.92 Å². The quantitative estimate of drug-likeness (QED) is 0.866. The molecule has 100 valence electrons. The van der Waals surface area contributed by atoms with Gasteiger partial charge in [-0.05, 0) is 6.42 Å². The van der Waals surface area contributed by atoms with Crippen molar-refractivity contribution in [2.45, 2.75) is 38.3 Å². The van der Waals surface area contributed by atoms with E-state index in [4.69, 9.17) is 0 Å². The summed E-state index contributed by atoms with van der Waals surface area (Å²) < 4.78 is 27.8. The summed E-state index contributed by atoms with van der Waals surface area (Å²) in [7, 11) is 0. The van der Waals surface area contributed by atoms with Crippen LogP contribution in [0.3, 0.4) is 0 Å². The molecule has 0 heterocycles. The summed E-state index contributed by atoms with van der Waals surface area (Å²) in [5, 5.41) is 12.4. The van der Waals surface area contributed by atoms with Crippen molar-refractivity contribution >= 4 is 0 Å². The largest absolute Gasteiger partial charge is 0.392 e. The molecule has 1 aromatic carbocycles. The lowest BCUT2D eigenvalue weighted by Crippen LogP contribution is -2.61. The smallest absolute Gasteiger partial charge is 0.285 e. The van der Waals surface area contributed by atoms with Crippen molar-refractivity contribution in [3.8, 4) is 0 Å². The molecule has 2 nitrogen and oxygen atoms in total. The zero-order valence-electron chi connectivity index (χ0n) is 10.7. The number of hydrogen-bond acceptors (Lipinski definition) is 2. The van der Waals surface area contributed by atoms with Crippen molar-refractivity contribution in [3.63, 3.8) is 0 Å². The van der Waals surface area contributed by atoms with Crippen LogP contribution in [0.2, 0.25) is 0 Å². The first-order valence-electron chi connectivity index (χ1n) is 6.19. The lowest BCUT2D eigenvalue weighted by Gasteiger charge is -2.50. The minimum Gasteiger partial charge on any atom is -0.392 e. The van der Waals surface area contributed by atoms with E-state index in [9.17, 15) is 13.9 Å². The zero-order chi connectivity index (χ0) is 13.4. The Hall–Kier alpha value is -1.00. The number of halogens is 2. The predicted molar refractivity (Wildman–Crippen MR) is 66.5 cm³/mol. The van der Waals surface area contributed by atoms with Crippen LogP contribution in [0.15, 0.2) is 30.3 Å². The van der Waals surface area contributed by atoms with Gasteiger partial charge < -0.3 is 10.4 Å². The van der Waals surface area contributed by atoms with Gasteiger partial charge in [0.05, 0.1) is 12.6 Å². The maximum atomic E-state index is 13.9. The third-order valence-corrected chi connectivity index (χ3v) is 3.98. The number of aliphatic hydroxyl groups excluding tert-OH is 1. The Labute approximate surface area is 106 Å². The van der Waals surface area contributed by atoms with E-state index in [2.05, 4.69) is 5.32 Å². The van der Waals surface area contributed by atoms with E-state index in [0.717, 1.165) is 0 Å². The normalized spacial score (nSPS) is 26.7. The van der Waals surface area contributed by atoms with Crippen molar-refractivity contribution in [2.24, 2.45) is 5.41 Å². The summed E-state index contributed by atoms with van der Waals surface area (Å²) in [6.45, 7) is 3.39. The molecule has 4 heteroatoms. The molecule has 2 rings (SSSR count). The number of rotatable bonds is 4. The van der Waals surface area contributed by atoms with Crippen LogP contribution in [0.4, 0.5) is 8.78 Å². The van der Waals surface area contributed by atoms with Crippen molar-refractivity contribution in [1.82, 2.24) is 5.32 Å². The summed E-state index contributed by atoms with van der Waals surface area (Å²) >= 11 is 0. The average Bonchev–Trinajstić information content (AvgIpc) is 2.35. The SMILES string of the molecule is CC1(C)C(O)CC1NCC(F)(F)c1ccccc1. The highest BCUT2D eigenvalue weighted by Crippen LogP contribution is 2.41. The molecule has 0 radical (unpaired) electrons. The Morgan fingerprint density at radius 1 is 1.33 bits per heavy atom. The molecule has 1 aliphatic rings. The Bertz CT molecular complexity index is 406. The summed E-state index contributed by atoms with van der Waals surface area (Å²) in [6, 6.07) is 7.76. The van der Waals surface area contributed by atoms with Gasteiger partial charge in [0.1, 0.15) is 0 Å². The monoisotopic (exact) mass is 255 g/mol. The predicted octanol–water partition coefficient (Wildman–Crippen LogP) is 2.53. The molecular weight excluding hydrogens is 236 g/mol. The molecule has 1 aromatic rings. The highest BCUT2D eigenvalue weighted by Gasteiger charge is 2.48. The van der Waals surface area contributed by atoms with E-state index in [1.54, 1.807) is 18.2 Å². The molecule has 0 bridgehead atoms. The van der Waals surface area contributed by atoms with Gasteiger partial charge in [-0.25, -0.2) is 0 Å². The fourth-order valence-electron chi connectivity index (χ4n) is 2.28. The van der Waals surface area contributed by atoms with Gasteiger partial charge in [-0.1, -0.05) is 44.2 Å². The molecule has 0 spiro atoms. The van der Waals surface area contributed by atoms with Crippen LogP contribution in [0.1, 0.15) is 25.8 Å². The van der Waals surface area contributed by atoms with Gasteiger partial charge in [-0.3, -0.25) is 0 Å². The lowest BCUT2D eigenvalue weighted by molar-refractivity contribution is -0.0860. The van der Waals surface area contributed by atoms with Crippen LogP contribution < -0.4 is 5.32 Å². The van der Waals surface area contributed by atoms with Crippen LogP contribution in [0, 0.1) is 5.41 Å². The van der Waals surface area contributed by atoms with Gasteiger partial charge in [0.2, 0.25) is 0 Å². The number of benzene rings is 1. The Balaban J connectivity index is 1.95. The van der Waals surface area contributed by atoms with Gasteiger partial charge in [-0.2, -0.15) is 8.78 Å². The number of alkyl halides is 2. The molecule has 0 amide bonds. The van der Waals surface area contributed by atoms with Crippen LogP contribution in [-0.4, -0.2) is 23.8 Å². The van der Waals surface area contributed by atoms with E-state index in [-0.39, 0.29) is 17.0 Å². The maximum absolute atomic E-state index is 13.9. The molecule has 18 heavy (non-hydrogen) atoms. The first kappa shape index (κ1) is 13.4. The standard InChI is InChI=1S/C14H19F2NO/c1-13(2)11(8-12(13)18)17-9-14(15,16)10-6-4-3-5-7-10/h3-7,11-12,17-18H,8-9H2,1-2H3. The summed E-state index contributed by atoms with van der Waals surface area (Å²) in [6.07, 6.45) is 0.137. The fraction of sp³-hybridized carbons (Fsp3) is 0.571. The lowest BCUT2D eigenvalue weighted by atomic mass is 9.64. The van der Waals surface area contributed by atoms with Crippen molar-refractivity contribution in [2.75, 3.05) is 6.54 Å². The number of aliphatic hydroxyl groups is 1. The molecule has 0 aromatic heterocycles. The second-order valence-electron chi connectivity index (χ2n) is 5.58. The van der Waals surface area contributed by atoms with Crippen molar-refractivity contribution < 1.29 is 13.9 Å². The van der Waals surface area contributed by atoms with Crippen LogP contribution in [0.5, 0.6) is 0 Å². The molecule has 2 atom stereocenters. The fourth-order valence-corrected chi connectivity index (χ4v) is 2.28. The second-order valence-corrected chi connectivity index (χ2v) is 5.58. The van der Waals surface area contributed by atoms with E-state index < -0.39 is 18.6 Å². The molecular formula is C14H19F2NO. The number of hydrogen-bond donors (Lipinski definition) is 2. The Morgan fingerprint density at radius 3 is 2.44 bits per heavy atom. The highest BCUT2D eigenvalue weighted by molar-refractivity contribution is 5.20. The number of nitrogens with one attached hydrogen (secondary N) is 1. The van der Waals surface area contributed by atoms with E-state index in [1.807, 2.05) is 13.8 Å². The molecule has 2 N–H and O–H groups in total. The minimum absolute atomic E-state index is 0.0233. The van der Waals surface area contributed by atoms with Gasteiger partial charge in [0.25, 0.3) is 5.92 Å². The van der Waals surface area contributed by atoms with Gasteiger partial charge in [0, 0.05) is 17.0 Å². The average molecular weight is 255 g/mol. The van der Waals surface area contributed by atoms with E-state index in [0.29, 0.717) is 6.42 Å². The topological polar surface area (TPSA) is 32.3 Å². The second kappa shape index (κ2) is 4.59. The maximum Gasteiger partial charge on any atom is 0.285 e. The first-order chi connectivity index (χ1) is 8.34. The van der Waals surface area contributed by atoms with Crippen molar-refractivity contribution in [1.29, 1.82) is 0 Å². The molecule has 0 saturated heterocycles. The Morgan fingerprint density at radius 2 is 1.94 bits per heavy atom. The minimum atomic E-state index is -2.88. The molecule has 1 saturated carbocycles. The van der Waals surface area contributed by atoms with Gasteiger partial charge >= 0.3 is 0 Å². The third-order valence-electron chi connectivity index (χ3n) is 3.98. The molecule has 2 unspecified atom stereocenters.